The molecule has 0 unspecified atom stereocenters. The Morgan fingerprint density at radius 3 is 2.69 bits per heavy atom. The molecule has 0 saturated heterocycles. The topological polar surface area (TPSA) is 62.1 Å². The van der Waals surface area contributed by atoms with Crippen LogP contribution in [-0.2, 0) is 11.3 Å². The van der Waals surface area contributed by atoms with E-state index in [0.717, 1.165) is 23.2 Å². The molecule has 1 aliphatic rings. The van der Waals surface area contributed by atoms with Crippen LogP contribution in [0.25, 0.3) is 10.2 Å². The number of aryl methyl sites for hydroxylation is 1. The molecule has 0 aliphatic carbocycles. The predicted octanol–water partition coefficient (Wildman–Crippen LogP) is 4.70. The van der Waals surface area contributed by atoms with Crippen molar-refractivity contribution >= 4 is 50.7 Å². The molecule has 4 rings (SSSR count). The minimum Gasteiger partial charge on any atom is -0.486 e. The molecule has 0 N–H and O–H groups in total. The summed E-state index contributed by atoms with van der Waals surface area (Å²) in [4.78, 5) is 17.3. The number of benzene rings is 2. The van der Waals surface area contributed by atoms with E-state index in [2.05, 4.69) is 11.9 Å². The van der Waals surface area contributed by atoms with E-state index in [1.165, 1.54) is 11.3 Å². The van der Waals surface area contributed by atoms with Gasteiger partial charge in [0.05, 0.1) is 15.2 Å². The normalized spacial score (nSPS) is 13.7. The molecule has 0 atom stereocenters. The van der Waals surface area contributed by atoms with Gasteiger partial charge in [-0.2, -0.15) is 4.99 Å². The maximum atomic E-state index is 12.4. The number of carbonyl (C=O) groups excluding carboxylic acids is 1. The highest BCUT2D eigenvalue weighted by Gasteiger charge is 2.16. The van der Waals surface area contributed by atoms with E-state index in [-0.39, 0.29) is 6.61 Å². The minimum atomic E-state index is -0.398. The lowest BCUT2D eigenvalue weighted by molar-refractivity contribution is -0.120. The molecule has 0 saturated carbocycles. The Hall–Kier alpha value is -2.22. The first kappa shape index (κ1) is 20.1. The molecule has 6 nitrogen and oxygen atoms in total. The Morgan fingerprint density at radius 2 is 1.97 bits per heavy atom. The van der Waals surface area contributed by atoms with E-state index in [1.54, 1.807) is 18.2 Å². The fourth-order valence-electron chi connectivity index (χ4n) is 3.00. The van der Waals surface area contributed by atoms with Crippen LogP contribution in [0.1, 0.15) is 13.3 Å². The van der Waals surface area contributed by atoms with Crippen LogP contribution in [0.4, 0.5) is 0 Å². The highest BCUT2D eigenvalue weighted by Crippen LogP contribution is 2.35. The molecule has 0 fully saturated rings. The highest BCUT2D eigenvalue weighted by molar-refractivity contribution is 7.16. The second-order valence-corrected chi connectivity index (χ2v) is 8.22. The van der Waals surface area contributed by atoms with Crippen LogP contribution in [0.3, 0.4) is 0 Å². The van der Waals surface area contributed by atoms with Crippen molar-refractivity contribution in [1.29, 1.82) is 0 Å². The van der Waals surface area contributed by atoms with Crippen LogP contribution in [-0.4, -0.2) is 30.3 Å². The average molecular weight is 453 g/mol. The fourth-order valence-corrected chi connectivity index (χ4v) is 4.55. The standard InChI is InChI=1S/C20H18Cl2N2O4S/c1-2-5-24-14-9-16-17(27-7-6-26-16)10-18(14)29-20(24)23-19(25)11-28-15-4-3-12(21)8-13(15)22/h3-4,8-10H,2,5-7,11H2,1H3. The summed E-state index contributed by atoms with van der Waals surface area (Å²) in [6, 6.07) is 8.72. The maximum absolute atomic E-state index is 12.4. The Balaban J connectivity index is 1.63. The lowest BCUT2D eigenvalue weighted by atomic mass is 10.2. The van der Waals surface area contributed by atoms with Crippen LogP contribution in [0.15, 0.2) is 35.3 Å². The lowest BCUT2D eigenvalue weighted by Gasteiger charge is -2.18. The summed E-state index contributed by atoms with van der Waals surface area (Å²) >= 11 is 13.4. The molecule has 0 radical (unpaired) electrons. The van der Waals surface area contributed by atoms with E-state index in [0.29, 0.717) is 45.3 Å². The Labute approximate surface area is 181 Å². The van der Waals surface area contributed by atoms with Crippen molar-refractivity contribution < 1.29 is 19.0 Å². The monoisotopic (exact) mass is 452 g/mol. The van der Waals surface area contributed by atoms with Gasteiger partial charge >= 0.3 is 0 Å². The van der Waals surface area contributed by atoms with Crippen molar-refractivity contribution in [3.63, 3.8) is 0 Å². The van der Waals surface area contributed by atoms with Crippen molar-refractivity contribution in [2.45, 2.75) is 19.9 Å². The lowest BCUT2D eigenvalue weighted by Crippen LogP contribution is -2.19. The first-order chi connectivity index (χ1) is 14.0. The van der Waals surface area contributed by atoms with Gasteiger partial charge < -0.3 is 18.8 Å². The summed E-state index contributed by atoms with van der Waals surface area (Å²) in [6.07, 6.45) is 0.901. The number of aromatic nitrogens is 1. The van der Waals surface area contributed by atoms with Crippen LogP contribution in [0, 0.1) is 0 Å². The van der Waals surface area contributed by atoms with Gasteiger partial charge in [0.1, 0.15) is 19.0 Å². The predicted molar refractivity (Wildman–Crippen MR) is 114 cm³/mol. The zero-order chi connectivity index (χ0) is 20.4. The van der Waals surface area contributed by atoms with Gasteiger partial charge in [0, 0.05) is 23.7 Å². The van der Waals surface area contributed by atoms with E-state index >= 15 is 0 Å². The molecule has 1 aromatic heterocycles. The van der Waals surface area contributed by atoms with Crippen LogP contribution < -0.4 is 19.0 Å². The van der Waals surface area contributed by atoms with Gasteiger partial charge in [0.2, 0.25) is 0 Å². The zero-order valence-corrected chi connectivity index (χ0v) is 17.9. The first-order valence-electron chi connectivity index (χ1n) is 9.13. The number of hydrogen-bond acceptors (Lipinski definition) is 5. The Kier molecular flexibility index (Phi) is 5.99. The van der Waals surface area contributed by atoms with Crippen molar-refractivity contribution in [2.75, 3.05) is 19.8 Å². The van der Waals surface area contributed by atoms with Crippen molar-refractivity contribution in [3.05, 3.63) is 45.2 Å². The summed E-state index contributed by atoms with van der Waals surface area (Å²) in [6.45, 7) is 3.64. The van der Waals surface area contributed by atoms with Gasteiger partial charge in [0.15, 0.2) is 22.9 Å². The summed E-state index contributed by atoms with van der Waals surface area (Å²) in [5, 5.41) is 0.846. The quantitative estimate of drug-likeness (QED) is 0.562. The summed E-state index contributed by atoms with van der Waals surface area (Å²) in [5.74, 6) is 1.42. The smallest absolute Gasteiger partial charge is 0.286 e. The number of rotatable bonds is 5. The van der Waals surface area contributed by atoms with E-state index in [9.17, 15) is 4.79 Å². The van der Waals surface area contributed by atoms with Crippen LogP contribution in [0.2, 0.25) is 10.0 Å². The van der Waals surface area contributed by atoms with Crippen LogP contribution >= 0.6 is 34.5 Å². The van der Waals surface area contributed by atoms with Gasteiger partial charge in [-0.1, -0.05) is 41.5 Å². The Bertz CT molecular complexity index is 1140. The van der Waals surface area contributed by atoms with E-state index < -0.39 is 5.91 Å². The zero-order valence-electron chi connectivity index (χ0n) is 15.6. The third kappa shape index (κ3) is 4.37. The molecule has 2 heterocycles. The summed E-state index contributed by atoms with van der Waals surface area (Å²) in [7, 11) is 0. The number of nitrogens with zero attached hydrogens (tertiary/aromatic N) is 2. The molecular formula is C20H18Cl2N2O4S. The van der Waals surface area contributed by atoms with Gasteiger partial charge in [-0.25, -0.2) is 0 Å². The first-order valence-corrected chi connectivity index (χ1v) is 10.7. The maximum Gasteiger partial charge on any atom is 0.286 e. The number of ether oxygens (including phenoxy) is 3. The number of fused-ring (bicyclic) bond motifs is 2. The molecule has 2 aromatic carbocycles. The third-order valence-corrected chi connectivity index (χ3v) is 5.83. The molecule has 1 aliphatic heterocycles. The van der Waals surface area contributed by atoms with E-state index in [4.69, 9.17) is 37.4 Å². The molecule has 0 spiro atoms. The largest absolute Gasteiger partial charge is 0.486 e. The van der Waals surface area contributed by atoms with Gasteiger partial charge in [-0.05, 0) is 24.6 Å². The van der Waals surface area contributed by atoms with Gasteiger partial charge in [0.25, 0.3) is 5.91 Å². The second kappa shape index (κ2) is 8.65. The van der Waals surface area contributed by atoms with Crippen molar-refractivity contribution in [3.8, 4) is 17.2 Å². The second-order valence-electron chi connectivity index (χ2n) is 6.37. The number of hydrogen-bond donors (Lipinski definition) is 0. The SMILES string of the molecule is CCCn1c(=NC(=O)COc2ccc(Cl)cc2Cl)sc2cc3c(cc21)OCCO3. The number of halogens is 2. The van der Waals surface area contributed by atoms with Crippen molar-refractivity contribution in [2.24, 2.45) is 4.99 Å². The van der Waals surface area contributed by atoms with Gasteiger partial charge in [-0.15, -0.1) is 0 Å². The van der Waals surface area contributed by atoms with E-state index in [1.807, 2.05) is 16.7 Å². The molecular weight excluding hydrogens is 435 g/mol. The molecule has 1 amide bonds. The third-order valence-electron chi connectivity index (χ3n) is 4.26. The number of amides is 1. The van der Waals surface area contributed by atoms with Crippen molar-refractivity contribution in [1.82, 2.24) is 4.57 Å². The minimum absolute atomic E-state index is 0.218. The fraction of sp³-hybridized carbons (Fsp3) is 0.300. The number of thiazole rings is 1. The summed E-state index contributed by atoms with van der Waals surface area (Å²) < 4.78 is 19.9. The molecule has 9 heteroatoms. The summed E-state index contributed by atoms with van der Waals surface area (Å²) in [5.41, 5.74) is 0.967. The molecule has 3 aromatic rings. The average Bonchev–Trinajstić information content (AvgIpc) is 3.02. The molecule has 29 heavy (non-hydrogen) atoms. The highest BCUT2D eigenvalue weighted by atomic mass is 35.5. The molecule has 152 valence electrons. The Morgan fingerprint density at radius 1 is 1.21 bits per heavy atom. The number of carbonyl (C=O) groups is 1. The van der Waals surface area contributed by atoms with Gasteiger partial charge in [-0.3, -0.25) is 4.79 Å². The van der Waals surface area contributed by atoms with Crippen LogP contribution in [0.5, 0.6) is 17.2 Å². The molecule has 0 bridgehead atoms.